The fourth-order valence-electron chi connectivity index (χ4n) is 2.53. The molecule has 0 spiro atoms. The lowest BCUT2D eigenvalue weighted by atomic mass is 10.1. The number of hydrogen-bond donors (Lipinski definition) is 2. The normalized spacial score (nSPS) is 10.3. The maximum Gasteiger partial charge on any atom is 0.229 e. The van der Waals surface area contributed by atoms with Crippen LogP contribution in [0.2, 0.25) is 0 Å². The second-order valence-corrected chi connectivity index (χ2v) is 5.90. The zero-order valence-electron chi connectivity index (χ0n) is 15.3. The maximum absolute atomic E-state index is 5.39. The van der Waals surface area contributed by atoms with Gasteiger partial charge < -0.3 is 20.1 Å². The highest BCUT2D eigenvalue weighted by atomic mass is 16.5. The van der Waals surface area contributed by atoms with Gasteiger partial charge in [0.25, 0.3) is 0 Å². The summed E-state index contributed by atoms with van der Waals surface area (Å²) in [6.07, 6.45) is 1.70. The Labute approximate surface area is 153 Å². The summed E-state index contributed by atoms with van der Waals surface area (Å²) in [5, 5.41) is 6.53. The molecule has 3 aromatic rings. The van der Waals surface area contributed by atoms with Crippen molar-refractivity contribution in [1.29, 1.82) is 0 Å². The zero-order valence-corrected chi connectivity index (χ0v) is 15.3. The van der Waals surface area contributed by atoms with E-state index in [-0.39, 0.29) is 0 Å². The Morgan fingerprint density at radius 2 is 1.69 bits per heavy atom. The minimum Gasteiger partial charge on any atom is -0.497 e. The summed E-state index contributed by atoms with van der Waals surface area (Å²) >= 11 is 0. The average molecular weight is 350 g/mol. The van der Waals surface area contributed by atoms with Crippen LogP contribution in [0.15, 0.2) is 48.7 Å². The molecule has 0 aliphatic carbocycles. The highest BCUT2D eigenvalue weighted by Crippen LogP contribution is 2.31. The van der Waals surface area contributed by atoms with E-state index < -0.39 is 0 Å². The summed E-state index contributed by atoms with van der Waals surface area (Å²) in [5.74, 6) is 2.61. The third-order valence-corrected chi connectivity index (χ3v) is 3.96. The summed E-state index contributed by atoms with van der Waals surface area (Å²) in [4.78, 5) is 8.84. The molecule has 0 fully saturated rings. The van der Waals surface area contributed by atoms with E-state index in [2.05, 4.69) is 45.7 Å². The molecule has 0 radical (unpaired) electrons. The van der Waals surface area contributed by atoms with Crippen molar-refractivity contribution >= 4 is 23.1 Å². The third kappa shape index (κ3) is 4.03. The predicted octanol–water partition coefficient (Wildman–Crippen LogP) is 4.60. The van der Waals surface area contributed by atoms with Crippen LogP contribution in [0.5, 0.6) is 11.5 Å². The molecule has 0 atom stereocenters. The van der Waals surface area contributed by atoms with Crippen LogP contribution < -0.4 is 20.1 Å². The van der Waals surface area contributed by atoms with Crippen molar-refractivity contribution in [1.82, 2.24) is 9.97 Å². The number of anilines is 4. The van der Waals surface area contributed by atoms with Crippen LogP contribution in [-0.2, 0) is 0 Å². The van der Waals surface area contributed by atoms with Gasteiger partial charge in [0.15, 0.2) is 0 Å². The Kier molecular flexibility index (Phi) is 5.22. The van der Waals surface area contributed by atoms with Gasteiger partial charge in [0.05, 0.1) is 19.9 Å². The monoisotopic (exact) mass is 350 g/mol. The summed E-state index contributed by atoms with van der Waals surface area (Å²) in [6.45, 7) is 4.10. The Bertz CT molecular complexity index is 912. The van der Waals surface area contributed by atoms with Crippen molar-refractivity contribution in [3.8, 4) is 11.5 Å². The van der Waals surface area contributed by atoms with E-state index in [9.17, 15) is 0 Å². The van der Waals surface area contributed by atoms with Crippen LogP contribution >= 0.6 is 0 Å². The molecule has 134 valence electrons. The quantitative estimate of drug-likeness (QED) is 0.677. The Balaban J connectivity index is 1.85. The second kappa shape index (κ2) is 7.74. The number of rotatable bonds is 6. The molecule has 0 saturated carbocycles. The van der Waals surface area contributed by atoms with Crippen molar-refractivity contribution < 1.29 is 9.47 Å². The van der Waals surface area contributed by atoms with Gasteiger partial charge in [-0.3, -0.25) is 0 Å². The smallest absolute Gasteiger partial charge is 0.229 e. The molecular formula is C20H22N4O2. The Morgan fingerprint density at radius 1 is 0.846 bits per heavy atom. The summed E-state index contributed by atoms with van der Waals surface area (Å²) < 4.78 is 10.7. The molecule has 0 saturated heterocycles. The average Bonchev–Trinajstić information content (AvgIpc) is 2.65. The van der Waals surface area contributed by atoms with Gasteiger partial charge >= 0.3 is 0 Å². The molecule has 0 unspecified atom stereocenters. The van der Waals surface area contributed by atoms with Crippen molar-refractivity contribution in [3.05, 3.63) is 59.8 Å². The van der Waals surface area contributed by atoms with Gasteiger partial charge in [0.1, 0.15) is 17.3 Å². The first-order chi connectivity index (χ1) is 12.6. The van der Waals surface area contributed by atoms with Crippen molar-refractivity contribution in [3.63, 3.8) is 0 Å². The lowest BCUT2D eigenvalue weighted by Gasteiger charge is -2.13. The van der Waals surface area contributed by atoms with Crippen LogP contribution in [0.3, 0.4) is 0 Å². The highest BCUT2D eigenvalue weighted by molar-refractivity contribution is 5.67. The SMILES string of the molecule is COc1ccc(OC)c(Nc2ccnc(Nc3cc(C)ccc3C)n2)c1. The molecule has 26 heavy (non-hydrogen) atoms. The molecular weight excluding hydrogens is 328 g/mol. The van der Waals surface area contributed by atoms with Crippen LogP contribution in [0.25, 0.3) is 0 Å². The maximum atomic E-state index is 5.39. The zero-order chi connectivity index (χ0) is 18.5. The number of methoxy groups -OCH3 is 2. The van der Waals surface area contributed by atoms with Crippen molar-refractivity contribution in [2.75, 3.05) is 24.9 Å². The first-order valence-electron chi connectivity index (χ1n) is 8.25. The van der Waals surface area contributed by atoms with Gasteiger partial charge in [-0.2, -0.15) is 4.98 Å². The molecule has 1 aromatic heterocycles. The van der Waals surface area contributed by atoms with E-state index in [0.29, 0.717) is 17.5 Å². The fourth-order valence-corrected chi connectivity index (χ4v) is 2.53. The number of nitrogens with zero attached hydrogens (tertiary/aromatic N) is 2. The van der Waals surface area contributed by atoms with Crippen molar-refractivity contribution in [2.24, 2.45) is 0 Å². The molecule has 0 aliphatic heterocycles. The third-order valence-electron chi connectivity index (χ3n) is 3.96. The lowest BCUT2D eigenvalue weighted by molar-refractivity contribution is 0.405. The van der Waals surface area contributed by atoms with E-state index in [1.807, 2.05) is 25.1 Å². The number of hydrogen-bond acceptors (Lipinski definition) is 6. The van der Waals surface area contributed by atoms with E-state index in [1.54, 1.807) is 26.5 Å². The molecule has 2 aromatic carbocycles. The van der Waals surface area contributed by atoms with E-state index in [4.69, 9.17) is 9.47 Å². The van der Waals surface area contributed by atoms with Gasteiger partial charge in [-0.05, 0) is 49.2 Å². The van der Waals surface area contributed by atoms with Crippen molar-refractivity contribution in [2.45, 2.75) is 13.8 Å². The largest absolute Gasteiger partial charge is 0.497 e. The lowest BCUT2D eigenvalue weighted by Crippen LogP contribution is -2.02. The van der Waals surface area contributed by atoms with Crippen LogP contribution in [0.1, 0.15) is 11.1 Å². The number of aromatic nitrogens is 2. The Morgan fingerprint density at radius 3 is 2.46 bits per heavy atom. The van der Waals surface area contributed by atoms with E-state index in [0.717, 1.165) is 22.7 Å². The number of nitrogens with one attached hydrogen (secondary N) is 2. The second-order valence-electron chi connectivity index (χ2n) is 5.90. The minimum absolute atomic E-state index is 0.519. The standard InChI is InChI=1S/C20H22N4O2/c1-13-5-6-14(2)16(11-13)23-20-21-10-9-19(24-20)22-17-12-15(25-3)7-8-18(17)26-4/h5-12H,1-4H3,(H2,21,22,23,24). The first kappa shape index (κ1) is 17.5. The van der Waals surface area contributed by atoms with Crippen LogP contribution in [-0.4, -0.2) is 24.2 Å². The van der Waals surface area contributed by atoms with Crippen LogP contribution in [0, 0.1) is 13.8 Å². The van der Waals surface area contributed by atoms with E-state index >= 15 is 0 Å². The summed E-state index contributed by atoms with van der Waals surface area (Å²) in [6, 6.07) is 13.6. The van der Waals surface area contributed by atoms with Gasteiger partial charge in [-0.25, -0.2) is 4.98 Å². The first-order valence-corrected chi connectivity index (χ1v) is 8.25. The number of ether oxygens (including phenoxy) is 2. The van der Waals surface area contributed by atoms with Gasteiger partial charge in [-0.1, -0.05) is 12.1 Å². The molecule has 6 nitrogen and oxygen atoms in total. The number of aryl methyl sites for hydroxylation is 2. The predicted molar refractivity (Wildman–Crippen MR) is 104 cm³/mol. The number of benzene rings is 2. The summed E-state index contributed by atoms with van der Waals surface area (Å²) in [7, 11) is 3.25. The van der Waals surface area contributed by atoms with Crippen LogP contribution in [0.4, 0.5) is 23.1 Å². The Hall–Kier alpha value is -3.28. The summed E-state index contributed by atoms with van der Waals surface area (Å²) in [5.41, 5.74) is 4.06. The highest BCUT2D eigenvalue weighted by Gasteiger charge is 2.08. The topological polar surface area (TPSA) is 68.3 Å². The molecule has 0 amide bonds. The molecule has 0 bridgehead atoms. The van der Waals surface area contributed by atoms with Gasteiger partial charge in [-0.15, -0.1) is 0 Å². The molecule has 0 aliphatic rings. The van der Waals surface area contributed by atoms with Gasteiger partial charge in [0, 0.05) is 18.0 Å². The minimum atomic E-state index is 0.519. The fraction of sp³-hybridized carbons (Fsp3) is 0.200. The van der Waals surface area contributed by atoms with E-state index in [1.165, 1.54) is 5.56 Å². The van der Waals surface area contributed by atoms with Gasteiger partial charge in [0.2, 0.25) is 5.95 Å². The molecule has 3 rings (SSSR count). The molecule has 2 N–H and O–H groups in total. The molecule has 1 heterocycles. The molecule has 6 heteroatoms.